The van der Waals surface area contributed by atoms with Crippen molar-refractivity contribution < 1.29 is 8.42 Å². The van der Waals surface area contributed by atoms with Gasteiger partial charge in [-0.1, -0.05) is 13.3 Å². The van der Waals surface area contributed by atoms with Crippen LogP contribution in [0.1, 0.15) is 32.6 Å². The molecule has 0 aliphatic heterocycles. The van der Waals surface area contributed by atoms with Crippen molar-refractivity contribution in [3.63, 3.8) is 0 Å². The minimum atomic E-state index is -3.40. The first kappa shape index (κ1) is 16.5. The summed E-state index contributed by atoms with van der Waals surface area (Å²) in [5.41, 5.74) is 0. The minimum Gasteiger partial charge on any atom is -0.315 e. The van der Waals surface area contributed by atoms with E-state index < -0.39 is 10.0 Å². The highest BCUT2D eigenvalue weighted by molar-refractivity contribution is 7.89. The van der Waals surface area contributed by atoms with Gasteiger partial charge in [-0.25, -0.2) is 12.7 Å². The van der Waals surface area contributed by atoms with Gasteiger partial charge in [0.25, 0.3) is 0 Å². The summed E-state index contributed by atoms with van der Waals surface area (Å²) in [6, 6.07) is 0. The van der Waals surface area contributed by atoms with Crippen LogP contribution >= 0.6 is 0 Å². The lowest BCUT2D eigenvalue weighted by Crippen LogP contribution is -2.34. The van der Waals surface area contributed by atoms with Crippen LogP contribution in [0.4, 0.5) is 0 Å². The molecule has 1 aliphatic carbocycles. The second kappa shape index (κ2) is 7.38. The first-order valence-electron chi connectivity index (χ1n) is 7.73. The van der Waals surface area contributed by atoms with E-state index in [1.807, 2.05) is 0 Å². The summed E-state index contributed by atoms with van der Waals surface area (Å²) in [6.45, 7) is 5.18. The van der Waals surface area contributed by atoms with Crippen molar-refractivity contribution in [3.05, 3.63) is 12.4 Å². The SMILES string of the molecule is CCCNCCn1cc(S(=O)(=O)N(C)CC2CCC2)cn1. The molecule has 0 unspecified atom stereocenters. The fourth-order valence-corrected chi connectivity index (χ4v) is 3.61. The van der Waals surface area contributed by atoms with E-state index in [2.05, 4.69) is 17.3 Å². The number of hydrogen-bond donors (Lipinski definition) is 1. The van der Waals surface area contributed by atoms with E-state index in [4.69, 9.17) is 0 Å². The molecule has 1 aromatic rings. The molecule has 0 radical (unpaired) electrons. The van der Waals surface area contributed by atoms with Crippen molar-refractivity contribution in [1.29, 1.82) is 0 Å². The second-order valence-electron chi connectivity index (χ2n) is 5.77. The summed E-state index contributed by atoms with van der Waals surface area (Å²) < 4.78 is 28.1. The van der Waals surface area contributed by atoms with Crippen LogP contribution in [0.3, 0.4) is 0 Å². The van der Waals surface area contributed by atoms with E-state index in [0.717, 1.165) is 32.4 Å². The van der Waals surface area contributed by atoms with Crippen molar-refractivity contribution in [2.75, 3.05) is 26.7 Å². The highest BCUT2D eigenvalue weighted by Gasteiger charge is 2.27. The fourth-order valence-electron chi connectivity index (χ4n) is 2.41. The van der Waals surface area contributed by atoms with Crippen LogP contribution in [0.15, 0.2) is 17.3 Å². The number of nitrogens with one attached hydrogen (secondary N) is 1. The molecular formula is C14H26N4O2S. The number of hydrogen-bond acceptors (Lipinski definition) is 4. The molecule has 1 fully saturated rings. The third kappa shape index (κ3) is 4.28. The molecule has 0 amide bonds. The Morgan fingerprint density at radius 2 is 2.19 bits per heavy atom. The van der Waals surface area contributed by atoms with E-state index >= 15 is 0 Å². The van der Waals surface area contributed by atoms with Gasteiger partial charge in [-0.05, 0) is 31.7 Å². The van der Waals surface area contributed by atoms with Gasteiger partial charge in [0.15, 0.2) is 0 Å². The summed E-state index contributed by atoms with van der Waals surface area (Å²) in [4.78, 5) is 0.291. The zero-order valence-corrected chi connectivity index (χ0v) is 13.8. The van der Waals surface area contributed by atoms with Gasteiger partial charge in [0.1, 0.15) is 4.90 Å². The van der Waals surface area contributed by atoms with E-state index in [1.54, 1.807) is 17.9 Å². The zero-order valence-electron chi connectivity index (χ0n) is 13.0. The number of aromatic nitrogens is 2. The standard InChI is InChI=1S/C14H26N4O2S/c1-3-7-15-8-9-18-12-14(10-16-18)21(19,20)17(2)11-13-5-4-6-13/h10,12-13,15H,3-9,11H2,1-2H3. The van der Waals surface area contributed by atoms with Gasteiger partial charge in [0.05, 0.1) is 12.7 Å². The molecule has 1 heterocycles. The Morgan fingerprint density at radius 3 is 2.81 bits per heavy atom. The van der Waals surface area contributed by atoms with Gasteiger partial charge in [-0.2, -0.15) is 5.10 Å². The zero-order chi connectivity index (χ0) is 15.3. The van der Waals surface area contributed by atoms with Gasteiger partial charge >= 0.3 is 0 Å². The first-order chi connectivity index (χ1) is 10.0. The smallest absolute Gasteiger partial charge is 0.245 e. The first-order valence-corrected chi connectivity index (χ1v) is 9.17. The summed E-state index contributed by atoms with van der Waals surface area (Å²) >= 11 is 0. The molecule has 120 valence electrons. The van der Waals surface area contributed by atoms with Crippen LogP contribution in [-0.4, -0.2) is 49.2 Å². The van der Waals surface area contributed by atoms with Gasteiger partial charge in [-0.3, -0.25) is 4.68 Å². The maximum Gasteiger partial charge on any atom is 0.245 e. The molecule has 1 saturated carbocycles. The van der Waals surface area contributed by atoms with Crippen molar-refractivity contribution in [1.82, 2.24) is 19.4 Å². The van der Waals surface area contributed by atoms with E-state index in [-0.39, 0.29) is 0 Å². The highest BCUT2D eigenvalue weighted by Crippen LogP contribution is 2.28. The van der Waals surface area contributed by atoms with Crippen molar-refractivity contribution >= 4 is 10.0 Å². The van der Waals surface area contributed by atoms with Gasteiger partial charge in [-0.15, -0.1) is 0 Å². The normalized spacial score (nSPS) is 16.3. The van der Waals surface area contributed by atoms with Crippen LogP contribution in [0, 0.1) is 5.92 Å². The highest BCUT2D eigenvalue weighted by atomic mass is 32.2. The Labute approximate surface area is 127 Å². The van der Waals surface area contributed by atoms with Gasteiger partial charge < -0.3 is 5.32 Å². The molecule has 1 aliphatic rings. The number of nitrogens with zero attached hydrogens (tertiary/aromatic N) is 3. The average Bonchev–Trinajstić information content (AvgIpc) is 2.88. The number of rotatable bonds is 9. The van der Waals surface area contributed by atoms with E-state index in [9.17, 15) is 8.42 Å². The van der Waals surface area contributed by atoms with Crippen LogP contribution in [0.2, 0.25) is 0 Å². The molecule has 1 N–H and O–H groups in total. The minimum absolute atomic E-state index is 0.291. The number of sulfonamides is 1. The van der Waals surface area contributed by atoms with Crippen LogP contribution in [0.5, 0.6) is 0 Å². The third-order valence-corrected chi connectivity index (χ3v) is 5.78. The predicted octanol–water partition coefficient (Wildman–Crippen LogP) is 1.30. The molecule has 1 aromatic heterocycles. The van der Waals surface area contributed by atoms with Gasteiger partial charge in [0, 0.05) is 26.3 Å². The summed E-state index contributed by atoms with van der Waals surface area (Å²) in [5.74, 6) is 0.526. The van der Waals surface area contributed by atoms with Crippen molar-refractivity contribution in [3.8, 4) is 0 Å². The quantitative estimate of drug-likeness (QED) is 0.698. The van der Waals surface area contributed by atoms with Crippen LogP contribution in [-0.2, 0) is 16.6 Å². The summed E-state index contributed by atoms with van der Waals surface area (Å²) in [5, 5.41) is 7.42. The Balaban J connectivity index is 1.91. The van der Waals surface area contributed by atoms with Crippen molar-refractivity contribution in [2.24, 2.45) is 5.92 Å². The lowest BCUT2D eigenvalue weighted by molar-refractivity contribution is 0.263. The topological polar surface area (TPSA) is 67.2 Å². The van der Waals surface area contributed by atoms with Crippen LogP contribution in [0.25, 0.3) is 0 Å². The Morgan fingerprint density at radius 1 is 1.43 bits per heavy atom. The molecule has 0 saturated heterocycles. The van der Waals surface area contributed by atoms with Gasteiger partial charge in [0.2, 0.25) is 10.0 Å². The molecule has 7 heteroatoms. The lowest BCUT2D eigenvalue weighted by Gasteiger charge is -2.29. The fraction of sp³-hybridized carbons (Fsp3) is 0.786. The molecular weight excluding hydrogens is 288 g/mol. The maximum absolute atomic E-state index is 12.5. The Bertz CT molecular complexity index is 537. The summed E-state index contributed by atoms with van der Waals surface area (Å²) in [6.07, 6.45) is 7.67. The third-order valence-electron chi connectivity index (χ3n) is 4.00. The predicted molar refractivity (Wildman–Crippen MR) is 82.5 cm³/mol. The Kier molecular flexibility index (Phi) is 5.78. The van der Waals surface area contributed by atoms with Crippen molar-refractivity contribution in [2.45, 2.75) is 44.0 Å². The molecule has 0 atom stereocenters. The molecule has 0 spiro atoms. The summed E-state index contributed by atoms with van der Waals surface area (Å²) in [7, 11) is -1.73. The molecule has 6 nitrogen and oxygen atoms in total. The van der Waals surface area contributed by atoms with E-state index in [0.29, 0.717) is 23.9 Å². The lowest BCUT2D eigenvalue weighted by atomic mass is 9.86. The largest absolute Gasteiger partial charge is 0.315 e. The second-order valence-corrected chi connectivity index (χ2v) is 7.82. The average molecular weight is 314 g/mol. The molecule has 21 heavy (non-hydrogen) atoms. The molecule has 2 rings (SSSR count). The van der Waals surface area contributed by atoms with E-state index in [1.165, 1.54) is 16.9 Å². The molecule has 0 bridgehead atoms. The Hall–Kier alpha value is -0.920. The molecule has 0 aromatic carbocycles. The van der Waals surface area contributed by atoms with Crippen LogP contribution < -0.4 is 5.32 Å². The maximum atomic E-state index is 12.5. The monoisotopic (exact) mass is 314 g/mol.